The van der Waals surface area contributed by atoms with E-state index in [1.54, 1.807) is 0 Å². The summed E-state index contributed by atoms with van der Waals surface area (Å²) < 4.78 is 77.2. The molecule has 0 spiro atoms. The minimum Gasteiger partial charge on any atom is -0.352 e. The Bertz CT molecular complexity index is 1060. The van der Waals surface area contributed by atoms with E-state index in [2.05, 4.69) is 5.32 Å². The van der Waals surface area contributed by atoms with Gasteiger partial charge in [-0.15, -0.1) is 0 Å². The maximum Gasteiger partial charge on any atom is 0.417 e. The predicted octanol–water partition coefficient (Wildman–Crippen LogP) is 4.93. The molecule has 172 valence electrons. The second kappa shape index (κ2) is 9.42. The average molecular weight is 484 g/mol. The zero-order valence-corrected chi connectivity index (χ0v) is 16.4. The van der Waals surface area contributed by atoms with Crippen LogP contribution >= 0.6 is 11.6 Å². The molecule has 0 heterocycles. The van der Waals surface area contributed by atoms with Gasteiger partial charge in [0.25, 0.3) is 5.69 Å². The van der Waals surface area contributed by atoms with Crippen LogP contribution in [-0.4, -0.2) is 16.7 Å². The van der Waals surface area contributed by atoms with Crippen molar-refractivity contribution in [1.82, 2.24) is 5.32 Å². The fraction of sp³-hybridized carbons (Fsp3) is 0.222. The third-order valence-corrected chi connectivity index (χ3v) is 4.25. The number of hydrogen-bond donors (Lipinski definition) is 2. The Hall–Kier alpha value is -3.35. The van der Waals surface area contributed by atoms with E-state index in [0.29, 0.717) is 6.07 Å². The van der Waals surface area contributed by atoms with Crippen LogP contribution in [-0.2, 0) is 28.5 Å². The number of rotatable bonds is 6. The van der Waals surface area contributed by atoms with Crippen LogP contribution in [0.1, 0.15) is 23.1 Å². The number of nitrogens with zero attached hydrogens (tertiary/aromatic N) is 1. The lowest BCUT2D eigenvalue weighted by Gasteiger charge is -2.17. The summed E-state index contributed by atoms with van der Waals surface area (Å²) in [7, 11) is 0. The SMILES string of the molecule is O=C(CC(=O)Nc1ccc(C(F)(F)F)c(C(F)(F)F)c1)NCc1ccc(Cl)c([N+](=O)[O-])c1. The molecule has 0 radical (unpaired) electrons. The summed E-state index contributed by atoms with van der Waals surface area (Å²) >= 11 is 5.66. The van der Waals surface area contributed by atoms with E-state index in [0.717, 1.165) is 6.07 Å². The van der Waals surface area contributed by atoms with Crippen molar-refractivity contribution in [2.45, 2.75) is 25.3 Å². The number of benzene rings is 2. The minimum absolute atomic E-state index is 0.117. The molecule has 0 atom stereocenters. The summed E-state index contributed by atoms with van der Waals surface area (Å²) in [6.45, 7) is -0.220. The zero-order chi connectivity index (χ0) is 24.3. The van der Waals surface area contributed by atoms with E-state index in [1.807, 2.05) is 5.32 Å². The summed E-state index contributed by atoms with van der Waals surface area (Å²) in [5, 5.41) is 14.9. The van der Waals surface area contributed by atoms with Crippen LogP contribution in [0.25, 0.3) is 0 Å². The summed E-state index contributed by atoms with van der Waals surface area (Å²) in [5.41, 5.74) is -4.61. The third kappa shape index (κ3) is 6.57. The number of nitro benzene ring substituents is 1. The highest BCUT2D eigenvalue weighted by Crippen LogP contribution is 2.41. The number of amides is 2. The number of halogens is 7. The average Bonchev–Trinajstić information content (AvgIpc) is 2.65. The van der Waals surface area contributed by atoms with Gasteiger partial charge in [-0.1, -0.05) is 17.7 Å². The molecular formula is C18H12ClF6N3O4. The molecule has 0 aliphatic heterocycles. The number of hydrogen-bond acceptors (Lipinski definition) is 4. The maximum atomic E-state index is 12.9. The lowest BCUT2D eigenvalue weighted by molar-refractivity contribution is -0.384. The van der Waals surface area contributed by atoms with Gasteiger partial charge in [0, 0.05) is 18.3 Å². The zero-order valence-electron chi connectivity index (χ0n) is 15.6. The van der Waals surface area contributed by atoms with Gasteiger partial charge in [-0.05, 0) is 29.8 Å². The van der Waals surface area contributed by atoms with Gasteiger partial charge >= 0.3 is 12.4 Å². The molecule has 0 saturated carbocycles. The molecule has 14 heteroatoms. The number of nitrogens with one attached hydrogen (secondary N) is 2. The molecule has 0 aliphatic rings. The first-order chi connectivity index (χ1) is 14.7. The van der Waals surface area contributed by atoms with Crippen LogP contribution < -0.4 is 10.6 Å². The third-order valence-electron chi connectivity index (χ3n) is 3.93. The Morgan fingerprint density at radius 2 is 1.56 bits per heavy atom. The van der Waals surface area contributed by atoms with Gasteiger partial charge in [-0.3, -0.25) is 19.7 Å². The standard InChI is InChI=1S/C18H12ClF6N3O4/c19-13-4-1-9(5-14(13)28(31)32)8-26-15(29)7-16(30)27-10-2-3-11(17(20,21)22)12(6-10)18(23,24)25/h1-6H,7-8H2,(H,26,29)(H,27,30). The summed E-state index contributed by atoms with van der Waals surface area (Å²) in [5.74, 6) is -1.97. The quantitative estimate of drug-likeness (QED) is 0.263. The molecule has 2 aromatic carbocycles. The highest BCUT2D eigenvalue weighted by Gasteiger charge is 2.43. The van der Waals surface area contributed by atoms with Gasteiger partial charge in [0.15, 0.2) is 0 Å². The molecule has 0 unspecified atom stereocenters. The van der Waals surface area contributed by atoms with Crippen LogP contribution in [0.2, 0.25) is 5.02 Å². The van der Waals surface area contributed by atoms with Crippen molar-refractivity contribution >= 4 is 34.8 Å². The van der Waals surface area contributed by atoms with Crippen LogP contribution in [0, 0.1) is 10.1 Å². The molecule has 7 nitrogen and oxygen atoms in total. The summed E-state index contributed by atoms with van der Waals surface area (Å²) in [6, 6.07) is 4.63. The Morgan fingerprint density at radius 3 is 2.12 bits per heavy atom. The van der Waals surface area contributed by atoms with Crippen LogP contribution in [0.4, 0.5) is 37.7 Å². The Morgan fingerprint density at radius 1 is 0.938 bits per heavy atom. The monoisotopic (exact) mass is 483 g/mol. The van der Waals surface area contributed by atoms with Crippen molar-refractivity contribution in [3.63, 3.8) is 0 Å². The maximum absolute atomic E-state index is 12.9. The normalized spacial score (nSPS) is 11.7. The second-order valence-corrected chi connectivity index (χ2v) is 6.71. The highest BCUT2D eigenvalue weighted by atomic mass is 35.5. The Labute approximate surface area is 180 Å². The van der Waals surface area contributed by atoms with Gasteiger partial charge in [0.05, 0.1) is 16.1 Å². The van der Waals surface area contributed by atoms with Crippen molar-refractivity contribution in [2.24, 2.45) is 0 Å². The van der Waals surface area contributed by atoms with Gasteiger partial charge in [-0.2, -0.15) is 26.3 Å². The minimum atomic E-state index is -5.33. The molecule has 32 heavy (non-hydrogen) atoms. The van der Waals surface area contributed by atoms with Gasteiger partial charge < -0.3 is 10.6 Å². The van der Waals surface area contributed by atoms with Crippen molar-refractivity contribution in [3.8, 4) is 0 Å². The molecule has 2 amide bonds. The van der Waals surface area contributed by atoms with E-state index in [9.17, 15) is 46.0 Å². The van der Waals surface area contributed by atoms with Crippen LogP contribution in [0.15, 0.2) is 36.4 Å². The number of carbonyl (C=O) groups excluding carboxylic acids is 2. The van der Waals surface area contributed by atoms with E-state index >= 15 is 0 Å². The van der Waals surface area contributed by atoms with E-state index in [1.165, 1.54) is 12.1 Å². The topological polar surface area (TPSA) is 101 Å². The van der Waals surface area contributed by atoms with E-state index < -0.39 is 58.0 Å². The van der Waals surface area contributed by atoms with E-state index in [-0.39, 0.29) is 29.3 Å². The predicted molar refractivity (Wildman–Crippen MR) is 99.6 cm³/mol. The smallest absolute Gasteiger partial charge is 0.352 e. The Kier molecular flexibility index (Phi) is 7.34. The van der Waals surface area contributed by atoms with Gasteiger partial charge in [-0.25, -0.2) is 0 Å². The van der Waals surface area contributed by atoms with Crippen molar-refractivity contribution < 1.29 is 40.9 Å². The van der Waals surface area contributed by atoms with Gasteiger partial charge in [0.1, 0.15) is 11.4 Å². The van der Waals surface area contributed by atoms with E-state index in [4.69, 9.17) is 11.6 Å². The molecule has 2 N–H and O–H groups in total. The van der Waals surface area contributed by atoms with Crippen LogP contribution in [0.5, 0.6) is 0 Å². The molecule has 0 bridgehead atoms. The molecule has 2 aromatic rings. The fourth-order valence-corrected chi connectivity index (χ4v) is 2.71. The van der Waals surface area contributed by atoms with Gasteiger partial charge in [0.2, 0.25) is 11.8 Å². The second-order valence-electron chi connectivity index (χ2n) is 6.30. The first kappa shape index (κ1) is 24.9. The number of nitro groups is 1. The van der Waals surface area contributed by atoms with Crippen molar-refractivity contribution in [2.75, 3.05) is 5.32 Å². The summed E-state index contributed by atoms with van der Waals surface area (Å²) in [6.07, 6.45) is -11.5. The number of anilines is 1. The molecule has 0 aliphatic carbocycles. The summed E-state index contributed by atoms with van der Waals surface area (Å²) in [4.78, 5) is 33.8. The lowest BCUT2D eigenvalue weighted by atomic mass is 10.1. The highest BCUT2D eigenvalue weighted by molar-refractivity contribution is 6.32. The molecule has 0 fully saturated rings. The van der Waals surface area contributed by atoms with Crippen molar-refractivity contribution in [1.29, 1.82) is 0 Å². The molecule has 0 saturated heterocycles. The number of alkyl halides is 6. The van der Waals surface area contributed by atoms with Crippen LogP contribution in [0.3, 0.4) is 0 Å². The first-order valence-corrected chi connectivity index (χ1v) is 8.84. The first-order valence-electron chi connectivity index (χ1n) is 8.46. The molecular weight excluding hydrogens is 472 g/mol. The number of carbonyl (C=O) groups is 2. The lowest BCUT2D eigenvalue weighted by Crippen LogP contribution is -2.28. The Balaban J connectivity index is 2.03. The molecule has 2 rings (SSSR count). The molecule has 0 aromatic heterocycles. The van der Waals surface area contributed by atoms with Crippen molar-refractivity contribution in [3.05, 3.63) is 68.2 Å². The largest absolute Gasteiger partial charge is 0.417 e. The fourth-order valence-electron chi connectivity index (χ4n) is 2.53.